The molecule has 1 aliphatic heterocycles. The van der Waals surface area contributed by atoms with Crippen molar-refractivity contribution in [1.29, 1.82) is 0 Å². The van der Waals surface area contributed by atoms with E-state index in [4.69, 9.17) is 0 Å². The molecule has 0 N–H and O–H groups in total. The van der Waals surface area contributed by atoms with Crippen molar-refractivity contribution in [2.45, 2.75) is 26.2 Å². The van der Waals surface area contributed by atoms with E-state index in [0.717, 1.165) is 27.8 Å². The summed E-state index contributed by atoms with van der Waals surface area (Å²) in [5.41, 5.74) is 4.86. The quantitative estimate of drug-likeness (QED) is 0.578. The van der Waals surface area contributed by atoms with Crippen molar-refractivity contribution in [3.05, 3.63) is 89.7 Å². The third kappa shape index (κ3) is 5.14. The van der Waals surface area contributed by atoms with Gasteiger partial charge in [0.05, 0.1) is 11.8 Å². The largest absolute Gasteiger partial charge is 0.348 e. The molecule has 4 rings (SSSR count). The molecule has 1 aliphatic rings. The summed E-state index contributed by atoms with van der Waals surface area (Å²) >= 11 is 0. The Kier molecular flexibility index (Phi) is 6.59. The Balaban J connectivity index is 1.55. The van der Waals surface area contributed by atoms with Crippen molar-refractivity contribution < 1.29 is 9.59 Å². The first kappa shape index (κ1) is 22.7. The molecule has 2 heterocycles. The van der Waals surface area contributed by atoms with E-state index >= 15 is 0 Å². The topological polar surface area (TPSA) is 53.5 Å². The maximum absolute atomic E-state index is 13.4. The van der Waals surface area contributed by atoms with Gasteiger partial charge in [-0.2, -0.15) is 0 Å². The zero-order valence-electron chi connectivity index (χ0n) is 19.6. The van der Waals surface area contributed by atoms with Crippen molar-refractivity contribution in [3.8, 4) is 11.1 Å². The van der Waals surface area contributed by atoms with Crippen LogP contribution in [0.25, 0.3) is 11.1 Å². The number of hydrogen-bond donors (Lipinski definition) is 0. The highest BCUT2D eigenvalue weighted by Crippen LogP contribution is 2.37. The van der Waals surface area contributed by atoms with Crippen molar-refractivity contribution in [2.75, 3.05) is 27.2 Å². The van der Waals surface area contributed by atoms with E-state index in [0.29, 0.717) is 32.4 Å². The van der Waals surface area contributed by atoms with Crippen molar-refractivity contribution in [1.82, 2.24) is 14.8 Å². The summed E-state index contributed by atoms with van der Waals surface area (Å²) in [6.07, 6.45) is 5.22. The lowest BCUT2D eigenvalue weighted by atomic mass is 9.79. The summed E-state index contributed by atoms with van der Waals surface area (Å²) in [7, 11) is 3.60. The Morgan fingerprint density at radius 3 is 2.42 bits per heavy atom. The number of pyridine rings is 1. The van der Waals surface area contributed by atoms with Crippen LogP contribution in [0.15, 0.2) is 73.1 Å². The summed E-state index contributed by atoms with van der Waals surface area (Å²) < 4.78 is 0. The fourth-order valence-electron chi connectivity index (χ4n) is 4.86. The molecule has 1 atom stereocenters. The molecule has 1 fully saturated rings. The normalized spacial score (nSPS) is 17.7. The highest BCUT2D eigenvalue weighted by atomic mass is 16.2. The van der Waals surface area contributed by atoms with Crippen LogP contribution in [0.1, 0.15) is 23.1 Å². The number of likely N-dealkylation sites (tertiary alicyclic amines) is 1. The fraction of sp³-hybridized carbons (Fsp3) is 0.321. The molecule has 2 aromatic carbocycles. The second-order valence-electron chi connectivity index (χ2n) is 9.32. The summed E-state index contributed by atoms with van der Waals surface area (Å²) in [4.78, 5) is 34.1. The standard InChI is InChI=1S/C28H31N3O2/c1-21-6-4-7-22(16-21)18-26(32)31-15-12-28(20-31,27(33)30(2)3)19-23-8-5-9-25(17-23)24-10-13-29-14-11-24/h4-11,13-14,16-17H,12,15,18-20H2,1-3H3. The SMILES string of the molecule is Cc1cccc(CC(=O)N2CCC(Cc3cccc(-c4ccncc4)c3)(C(=O)N(C)C)C2)c1. The number of aromatic nitrogens is 1. The molecule has 33 heavy (non-hydrogen) atoms. The molecule has 0 saturated carbocycles. The number of nitrogens with zero attached hydrogens (tertiary/aromatic N) is 3. The number of rotatable bonds is 6. The lowest BCUT2D eigenvalue weighted by Crippen LogP contribution is -2.44. The first-order valence-corrected chi connectivity index (χ1v) is 11.4. The van der Waals surface area contributed by atoms with E-state index in [-0.39, 0.29) is 11.8 Å². The van der Waals surface area contributed by atoms with Gasteiger partial charge in [-0.15, -0.1) is 0 Å². The molecule has 0 spiro atoms. The van der Waals surface area contributed by atoms with Gasteiger partial charge in [-0.1, -0.05) is 54.1 Å². The average molecular weight is 442 g/mol. The molecule has 2 amide bonds. The minimum Gasteiger partial charge on any atom is -0.348 e. The Labute approximate surface area is 196 Å². The number of carbonyl (C=O) groups excluding carboxylic acids is 2. The van der Waals surface area contributed by atoms with Crippen molar-refractivity contribution in [2.24, 2.45) is 5.41 Å². The Morgan fingerprint density at radius 1 is 0.970 bits per heavy atom. The number of benzene rings is 2. The summed E-state index contributed by atoms with van der Waals surface area (Å²) in [6, 6.07) is 20.4. The van der Waals surface area contributed by atoms with E-state index in [1.165, 1.54) is 0 Å². The molecule has 0 radical (unpaired) electrons. The van der Waals surface area contributed by atoms with Gasteiger partial charge in [-0.25, -0.2) is 0 Å². The third-order valence-electron chi connectivity index (χ3n) is 6.49. The lowest BCUT2D eigenvalue weighted by Gasteiger charge is -2.31. The molecule has 1 aromatic heterocycles. The molecule has 0 bridgehead atoms. The Hall–Kier alpha value is -3.47. The number of aryl methyl sites for hydroxylation is 1. The summed E-state index contributed by atoms with van der Waals surface area (Å²) in [6.45, 7) is 3.09. The number of amides is 2. The molecule has 1 saturated heterocycles. The van der Waals surface area contributed by atoms with Gasteiger partial charge >= 0.3 is 0 Å². The summed E-state index contributed by atoms with van der Waals surface area (Å²) in [5.74, 6) is 0.169. The van der Waals surface area contributed by atoms with Crippen LogP contribution in [-0.4, -0.2) is 53.8 Å². The first-order valence-electron chi connectivity index (χ1n) is 11.4. The minimum absolute atomic E-state index is 0.0829. The maximum atomic E-state index is 13.4. The van der Waals surface area contributed by atoms with Crippen LogP contribution in [0, 0.1) is 12.3 Å². The second kappa shape index (κ2) is 9.57. The Bertz CT molecular complexity index is 1140. The van der Waals surface area contributed by atoms with Crippen LogP contribution >= 0.6 is 0 Å². The molecular weight excluding hydrogens is 410 g/mol. The molecular formula is C28H31N3O2. The zero-order valence-corrected chi connectivity index (χ0v) is 19.6. The second-order valence-corrected chi connectivity index (χ2v) is 9.32. The maximum Gasteiger partial charge on any atom is 0.230 e. The van der Waals surface area contributed by atoms with Crippen LogP contribution in [-0.2, 0) is 22.4 Å². The molecule has 5 nitrogen and oxygen atoms in total. The first-order chi connectivity index (χ1) is 15.9. The van der Waals surface area contributed by atoms with Gasteiger partial charge in [0, 0.05) is 39.6 Å². The lowest BCUT2D eigenvalue weighted by molar-refractivity contribution is -0.139. The van der Waals surface area contributed by atoms with Crippen LogP contribution in [0.4, 0.5) is 0 Å². The van der Waals surface area contributed by atoms with Gasteiger partial charge in [0.2, 0.25) is 11.8 Å². The number of hydrogen-bond acceptors (Lipinski definition) is 3. The van der Waals surface area contributed by atoms with Gasteiger partial charge < -0.3 is 9.80 Å². The Morgan fingerprint density at radius 2 is 1.70 bits per heavy atom. The third-order valence-corrected chi connectivity index (χ3v) is 6.49. The van der Waals surface area contributed by atoms with Gasteiger partial charge in [0.1, 0.15) is 0 Å². The minimum atomic E-state index is -0.609. The molecule has 1 unspecified atom stereocenters. The predicted molar refractivity (Wildman–Crippen MR) is 131 cm³/mol. The monoisotopic (exact) mass is 441 g/mol. The van der Waals surface area contributed by atoms with E-state index in [1.54, 1.807) is 31.4 Å². The van der Waals surface area contributed by atoms with E-state index in [1.807, 2.05) is 48.2 Å². The molecule has 5 heteroatoms. The van der Waals surface area contributed by atoms with Crippen LogP contribution < -0.4 is 0 Å². The van der Waals surface area contributed by atoms with Gasteiger partial charge in [-0.05, 0) is 54.2 Å². The number of carbonyl (C=O) groups is 2. The van der Waals surface area contributed by atoms with Gasteiger partial charge in [0.15, 0.2) is 0 Å². The van der Waals surface area contributed by atoms with Crippen molar-refractivity contribution in [3.63, 3.8) is 0 Å². The molecule has 3 aromatic rings. The van der Waals surface area contributed by atoms with Crippen LogP contribution in [0.2, 0.25) is 0 Å². The predicted octanol–water partition coefficient (Wildman–Crippen LogP) is 4.15. The van der Waals surface area contributed by atoms with Crippen molar-refractivity contribution >= 4 is 11.8 Å². The molecule has 0 aliphatic carbocycles. The van der Waals surface area contributed by atoms with Crippen LogP contribution in [0.3, 0.4) is 0 Å². The van der Waals surface area contributed by atoms with E-state index in [2.05, 4.69) is 29.2 Å². The van der Waals surface area contributed by atoms with Gasteiger partial charge in [0.25, 0.3) is 0 Å². The average Bonchev–Trinajstić information content (AvgIpc) is 3.24. The smallest absolute Gasteiger partial charge is 0.230 e. The summed E-state index contributed by atoms with van der Waals surface area (Å²) in [5, 5.41) is 0. The molecule has 170 valence electrons. The van der Waals surface area contributed by atoms with Crippen LogP contribution in [0.5, 0.6) is 0 Å². The van der Waals surface area contributed by atoms with Gasteiger partial charge in [-0.3, -0.25) is 14.6 Å². The zero-order chi connectivity index (χ0) is 23.4. The van der Waals surface area contributed by atoms with E-state index < -0.39 is 5.41 Å². The highest BCUT2D eigenvalue weighted by Gasteiger charge is 2.46. The fourth-order valence-corrected chi connectivity index (χ4v) is 4.86. The van der Waals surface area contributed by atoms with E-state index in [9.17, 15) is 9.59 Å². The highest BCUT2D eigenvalue weighted by molar-refractivity contribution is 5.86.